The molecular formula is C24H30ClNO. The molecule has 2 nitrogen and oxygen atoms in total. The Labute approximate surface area is 169 Å². The fourth-order valence-corrected chi connectivity index (χ4v) is 3.58. The van der Waals surface area contributed by atoms with Crippen LogP contribution in [0.2, 0.25) is 0 Å². The molecule has 0 spiro atoms. The van der Waals surface area contributed by atoms with Gasteiger partial charge in [0.2, 0.25) is 0 Å². The van der Waals surface area contributed by atoms with Crippen LogP contribution in [0.25, 0.3) is 6.08 Å². The fourth-order valence-electron chi connectivity index (χ4n) is 3.58. The van der Waals surface area contributed by atoms with Crippen molar-refractivity contribution in [2.24, 2.45) is 5.92 Å². The average Bonchev–Trinajstić information content (AvgIpc) is 2.68. The number of piperidine rings is 1. The molecule has 0 N–H and O–H groups in total. The lowest BCUT2D eigenvalue weighted by molar-refractivity contribution is -0.114. The standard InChI is InChI=1S/C24H29NO.ClH/c1-20-7-9-21(10-8-20)11-12-24(26)15-18-25-16-13-23(14-17-25)19-22-5-3-2-4-6-22;/h2-12,23H,13-19H2,1H3;1H. The van der Waals surface area contributed by atoms with E-state index in [1.54, 1.807) is 6.08 Å². The molecule has 0 amide bonds. The van der Waals surface area contributed by atoms with Gasteiger partial charge in [0.05, 0.1) is 0 Å². The Balaban J connectivity index is 0.00000261. The van der Waals surface area contributed by atoms with Gasteiger partial charge in [0.1, 0.15) is 0 Å². The Morgan fingerprint density at radius 1 is 1.04 bits per heavy atom. The smallest absolute Gasteiger partial charge is 0.156 e. The summed E-state index contributed by atoms with van der Waals surface area (Å²) in [6.07, 6.45) is 7.93. The summed E-state index contributed by atoms with van der Waals surface area (Å²) in [5.74, 6) is 1.00. The molecule has 3 heteroatoms. The Kier molecular flexibility index (Phi) is 8.77. The van der Waals surface area contributed by atoms with Crippen LogP contribution in [0, 0.1) is 12.8 Å². The quantitative estimate of drug-likeness (QED) is 0.601. The Hall–Kier alpha value is -1.90. The Morgan fingerprint density at radius 2 is 1.70 bits per heavy atom. The first-order chi connectivity index (χ1) is 12.7. The maximum absolute atomic E-state index is 12.1. The highest BCUT2D eigenvalue weighted by Gasteiger charge is 2.19. The van der Waals surface area contributed by atoms with Crippen LogP contribution in [0.5, 0.6) is 0 Å². The van der Waals surface area contributed by atoms with Gasteiger partial charge in [-0.1, -0.05) is 66.2 Å². The number of hydrogen-bond acceptors (Lipinski definition) is 2. The molecule has 0 atom stereocenters. The summed E-state index contributed by atoms with van der Waals surface area (Å²) >= 11 is 0. The molecule has 1 aliphatic rings. The zero-order chi connectivity index (χ0) is 18.2. The Morgan fingerprint density at radius 3 is 2.37 bits per heavy atom. The van der Waals surface area contributed by atoms with Crippen LogP contribution in [0.3, 0.4) is 0 Å². The second-order valence-corrected chi connectivity index (χ2v) is 7.44. The number of carbonyl (C=O) groups excluding carboxylic acids is 1. The van der Waals surface area contributed by atoms with Crippen molar-refractivity contribution in [1.82, 2.24) is 4.90 Å². The molecule has 2 aromatic carbocycles. The van der Waals surface area contributed by atoms with Crippen LogP contribution in [-0.4, -0.2) is 30.3 Å². The number of ketones is 1. The summed E-state index contributed by atoms with van der Waals surface area (Å²) in [4.78, 5) is 14.6. The average molecular weight is 384 g/mol. The van der Waals surface area contributed by atoms with Gasteiger partial charge >= 0.3 is 0 Å². The number of rotatable bonds is 7. The van der Waals surface area contributed by atoms with E-state index < -0.39 is 0 Å². The molecule has 0 saturated carbocycles. The van der Waals surface area contributed by atoms with Gasteiger partial charge in [-0.2, -0.15) is 0 Å². The zero-order valence-corrected chi connectivity index (χ0v) is 17.0. The van der Waals surface area contributed by atoms with Gasteiger partial charge in [0, 0.05) is 13.0 Å². The third-order valence-electron chi connectivity index (χ3n) is 5.29. The van der Waals surface area contributed by atoms with E-state index >= 15 is 0 Å². The number of hydrogen-bond donors (Lipinski definition) is 0. The minimum atomic E-state index is 0. The van der Waals surface area contributed by atoms with Crippen molar-refractivity contribution < 1.29 is 4.79 Å². The normalized spacial score (nSPS) is 15.6. The largest absolute Gasteiger partial charge is 0.303 e. The number of benzene rings is 2. The number of nitrogens with zero attached hydrogens (tertiary/aromatic N) is 1. The summed E-state index contributed by atoms with van der Waals surface area (Å²) < 4.78 is 0. The number of carbonyl (C=O) groups is 1. The molecule has 0 radical (unpaired) electrons. The highest BCUT2D eigenvalue weighted by molar-refractivity contribution is 5.93. The first kappa shape index (κ1) is 21.4. The van der Waals surface area contributed by atoms with Gasteiger partial charge < -0.3 is 4.90 Å². The second-order valence-electron chi connectivity index (χ2n) is 7.44. The van der Waals surface area contributed by atoms with Crippen LogP contribution in [0.15, 0.2) is 60.7 Å². The predicted octanol–water partition coefficient (Wildman–Crippen LogP) is 5.34. The minimum absolute atomic E-state index is 0. The highest BCUT2D eigenvalue weighted by Crippen LogP contribution is 2.21. The van der Waals surface area contributed by atoms with Crippen LogP contribution >= 0.6 is 12.4 Å². The maximum Gasteiger partial charge on any atom is 0.156 e. The third-order valence-corrected chi connectivity index (χ3v) is 5.29. The fraction of sp³-hybridized carbons (Fsp3) is 0.375. The summed E-state index contributed by atoms with van der Waals surface area (Å²) in [6, 6.07) is 19.0. The molecule has 2 aromatic rings. The molecule has 0 aromatic heterocycles. The van der Waals surface area contributed by atoms with Gasteiger partial charge in [-0.3, -0.25) is 4.79 Å². The number of halogens is 1. The molecule has 27 heavy (non-hydrogen) atoms. The molecular weight excluding hydrogens is 354 g/mol. The van der Waals surface area contributed by atoms with Crippen LogP contribution < -0.4 is 0 Å². The lowest BCUT2D eigenvalue weighted by Crippen LogP contribution is -2.35. The molecule has 144 valence electrons. The molecule has 1 fully saturated rings. The second kappa shape index (κ2) is 11.1. The molecule has 0 aliphatic carbocycles. The third kappa shape index (κ3) is 7.32. The van der Waals surface area contributed by atoms with E-state index in [0.717, 1.165) is 31.1 Å². The molecule has 1 aliphatic heterocycles. The SMILES string of the molecule is Cc1ccc(C=CC(=O)CCN2CCC(Cc3ccccc3)CC2)cc1.Cl. The maximum atomic E-state index is 12.1. The summed E-state index contributed by atoms with van der Waals surface area (Å²) in [7, 11) is 0. The summed E-state index contributed by atoms with van der Waals surface area (Å²) in [5, 5.41) is 0. The van der Waals surface area contributed by atoms with Crippen LogP contribution in [0.4, 0.5) is 0 Å². The Bertz CT molecular complexity index is 716. The molecule has 0 bridgehead atoms. The van der Waals surface area contributed by atoms with Crippen molar-refractivity contribution in [2.45, 2.75) is 32.6 Å². The molecule has 3 rings (SSSR count). The van der Waals surface area contributed by atoms with Gasteiger partial charge in [0.15, 0.2) is 5.78 Å². The van der Waals surface area contributed by atoms with Gasteiger partial charge in [0.25, 0.3) is 0 Å². The minimum Gasteiger partial charge on any atom is -0.303 e. The van der Waals surface area contributed by atoms with Gasteiger partial charge in [-0.15, -0.1) is 12.4 Å². The zero-order valence-electron chi connectivity index (χ0n) is 16.1. The lowest BCUT2D eigenvalue weighted by Gasteiger charge is -2.31. The molecule has 0 unspecified atom stereocenters. The first-order valence-corrected chi connectivity index (χ1v) is 9.73. The van der Waals surface area contributed by atoms with Crippen LogP contribution in [-0.2, 0) is 11.2 Å². The van der Waals surface area contributed by atoms with Crippen LogP contribution in [0.1, 0.15) is 36.0 Å². The van der Waals surface area contributed by atoms with E-state index in [9.17, 15) is 4.79 Å². The molecule has 1 heterocycles. The van der Waals surface area contributed by atoms with Crippen molar-refractivity contribution in [3.8, 4) is 0 Å². The summed E-state index contributed by atoms with van der Waals surface area (Å²) in [5.41, 5.74) is 3.78. The van der Waals surface area contributed by atoms with Crippen molar-refractivity contribution >= 4 is 24.3 Å². The van der Waals surface area contributed by atoms with E-state index in [2.05, 4.69) is 66.4 Å². The van der Waals surface area contributed by atoms with Crippen molar-refractivity contribution in [3.05, 3.63) is 77.4 Å². The van der Waals surface area contributed by atoms with Crippen molar-refractivity contribution in [2.75, 3.05) is 19.6 Å². The van der Waals surface area contributed by atoms with E-state index in [1.807, 2.05) is 6.08 Å². The predicted molar refractivity (Wildman–Crippen MR) is 116 cm³/mol. The lowest BCUT2D eigenvalue weighted by atomic mass is 9.90. The number of allylic oxidation sites excluding steroid dienone is 1. The topological polar surface area (TPSA) is 20.3 Å². The van der Waals surface area contributed by atoms with Crippen molar-refractivity contribution in [3.63, 3.8) is 0 Å². The monoisotopic (exact) mass is 383 g/mol. The highest BCUT2D eigenvalue weighted by atomic mass is 35.5. The molecule has 1 saturated heterocycles. The van der Waals surface area contributed by atoms with E-state index in [1.165, 1.54) is 30.4 Å². The summed E-state index contributed by atoms with van der Waals surface area (Å²) in [6.45, 7) is 5.19. The van der Waals surface area contributed by atoms with Gasteiger partial charge in [-0.25, -0.2) is 0 Å². The van der Waals surface area contributed by atoms with Crippen molar-refractivity contribution in [1.29, 1.82) is 0 Å². The van der Waals surface area contributed by atoms with Gasteiger partial charge in [-0.05, 0) is 62.4 Å². The first-order valence-electron chi connectivity index (χ1n) is 9.73. The number of likely N-dealkylation sites (tertiary alicyclic amines) is 1. The van der Waals surface area contributed by atoms with E-state index in [4.69, 9.17) is 0 Å². The number of aryl methyl sites for hydroxylation is 1. The van der Waals surface area contributed by atoms with E-state index in [0.29, 0.717) is 6.42 Å². The van der Waals surface area contributed by atoms with E-state index in [-0.39, 0.29) is 18.2 Å².